The zero-order valence-corrected chi connectivity index (χ0v) is 12.8. The van der Waals surface area contributed by atoms with Crippen LogP contribution in [-0.4, -0.2) is 47.8 Å². The van der Waals surface area contributed by atoms with Crippen LogP contribution in [0.3, 0.4) is 0 Å². The van der Waals surface area contributed by atoms with Crippen LogP contribution in [0, 0.1) is 0 Å². The van der Waals surface area contributed by atoms with Crippen molar-refractivity contribution in [3.05, 3.63) is 28.7 Å². The van der Waals surface area contributed by atoms with E-state index in [-0.39, 0.29) is 6.54 Å². The summed E-state index contributed by atoms with van der Waals surface area (Å²) in [4.78, 5) is 13.3. The third kappa shape index (κ3) is 3.71. The lowest BCUT2D eigenvalue weighted by Crippen LogP contribution is -2.56. The summed E-state index contributed by atoms with van der Waals surface area (Å²) >= 11 is 3.42. The molecule has 5 nitrogen and oxygen atoms in total. The standard InChI is InChI=1S/C14H19BrN2O3/c15-11-4-1-2-5-12(11)20-9-8-17-7-3-6-14(19,10-17)13(16)18/h1-2,4-5,19H,3,6-10H2,(H2,16,18)/t14-/m0/s1. The minimum absolute atomic E-state index is 0.279. The van der Waals surface area contributed by atoms with Crippen molar-refractivity contribution in [2.45, 2.75) is 18.4 Å². The molecular formula is C14H19BrN2O3. The first kappa shape index (κ1) is 15.3. The fourth-order valence-electron chi connectivity index (χ4n) is 2.36. The van der Waals surface area contributed by atoms with Crippen LogP contribution in [0.5, 0.6) is 5.75 Å². The van der Waals surface area contributed by atoms with Gasteiger partial charge in [-0.15, -0.1) is 0 Å². The number of aliphatic hydroxyl groups is 1. The molecule has 0 radical (unpaired) electrons. The van der Waals surface area contributed by atoms with Crippen molar-refractivity contribution in [1.29, 1.82) is 0 Å². The average Bonchev–Trinajstić information content (AvgIpc) is 2.41. The van der Waals surface area contributed by atoms with Gasteiger partial charge in [0.2, 0.25) is 0 Å². The van der Waals surface area contributed by atoms with Gasteiger partial charge in [0.15, 0.2) is 5.60 Å². The minimum Gasteiger partial charge on any atom is -0.491 e. The van der Waals surface area contributed by atoms with Gasteiger partial charge in [0.05, 0.1) is 4.47 Å². The van der Waals surface area contributed by atoms with Crippen LogP contribution in [0.4, 0.5) is 0 Å². The molecule has 1 atom stereocenters. The van der Waals surface area contributed by atoms with E-state index in [0.717, 1.165) is 23.2 Å². The van der Waals surface area contributed by atoms with Crippen LogP contribution in [0.2, 0.25) is 0 Å². The molecule has 1 heterocycles. The number of para-hydroxylation sites is 1. The third-order valence-electron chi connectivity index (χ3n) is 3.51. The van der Waals surface area contributed by atoms with E-state index in [9.17, 15) is 9.90 Å². The van der Waals surface area contributed by atoms with Gasteiger partial charge >= 0.3 is 0 Å². The maximum Gasteiger partial charge on any atom is 0.250 e. The van der Waals surface area contributed by atoms with Gasteiger partial charge in [-0.25, -0.2) is 0 Å². The lowest BCUT2D eigenvalue weighted by molar-refractivity contribution is -0.142. The molecular weight excluding hydrogens is 324 g/mol. The van der Waals surface area contributed by atoms with E-state index in [0.29, 0.717) is 19.6 Å². The topological polar surface area (TPSA) is 75.8 Å². The SMILES string of the molecule is NC(=O)[C@]1(O)CCCN(CCOc2ccccc2Br)C1. The van der Waals surface area contributed by atoms with E-state index in [1.165, 1.54) is 0 Å². The van der Waals surface area contributed by atoms with Gasteiger partial charge in [0.25, 0.3) is 5.91 Å². The van der Waals surface area contributed by atoms with Crippen molar-refractivity contribution in [2.75, 3.05) is 26.2 Å². The fraction of sp³-hybridized carbons (Fsp3) is 0.500. The Labute approximate surface area is 126 Å². The molecule has 0 saturated carbocycles. The molecule has 3 N–H and O–H groups in total. The van der Waals surface area contributed by atoms with Crippen molar-refractivity contribution in [3.8, 4) is 5.75 Å². The number of β-amino-alcohol motifs (C(OH)–C–C–N with tert-alkyl or cyclic N) is 1. The number of ether oxygens (including phenoxy) is 1. The van der Waals surface area contributed by atoms with E-state index in [2.05, 4.69) is 15.9 Å². The van der Waals surface area contributed by atoms with Crippen LogP contribution < -0.4 is 10.5 Å². The first-order valence-corrected chi connectivity index (χ1v) is 7.42. The van der Waals surface area contributed by atoms with Crippen LogP contribution in [0.15, 0.2) is 28.7 Å². The quantitative estimate of drug-likeness (QED) is 0.841. The van der Waals surface area contributed by atoms with Gasteiger partial charge < -0.3 is 15.6 Å². The molecule has 2 rings (SSSR count). The normalized spacial score (nSPS) is 23.5. The second kappa shape index (κ2) is 6.56. The van der Waals surface area contributed by atoms with Gasteiger partial charge in [-0.2, -0.15) is 0 Å². The summed E-state index contributed by atoms with van der Waals surface area (Å²) < 4.78 is 6.59. The Morgan fingerprint density at radius 2 is 2.25 bits per heavy atom. The Bertz CT molecular complexity index is 483. The minimum atomic E-state index is -1.40. The average molecular weight is 343 g/mol. The largest absolute Gasteiger partial charge is 0.491 e. The lowest BCUT2D eigenvalue weighted by atomic mass is 9.92. The summed E-state index contributed by atoms with van der Waals surface area (Å²) in [6, 6.07) is 7.64. The summed E-state index contributed by atoms with van der Waals surface area (Å²) in [5, 5.41) is 10.1. The molecule has 0 bridgehead atoms. The van der Waals surface area contributed by atoms with E-state index in [1.54, 1.807) is 0 Å². The number of primary amides is 1. The molecule has 0 aliphatic carbocycles. The van der Waals surface area contributed by atoms with E-state index < -0.39 is 11.5 Å². The smallest absolute Gasteiger partial charge is 0.250 e. The summed E-state index contributed by atoms with van der Waals surface area (Å²) in [5.74, 6) is 0.142. The van der Waals surface area contributed by atoms with Gasteiger partial charge in [0.1, 0.15) is 12.4 Å². The summed E-state index contributed by atoms with van der Waals surface area (Å²) in [6.45, 7) is 2.27. The summed E-state index contributed by atoms with van der Waals surface area (Å²) in [6.07, 6.45) is 1.19. The molecule has 1 aliphatic heterocycles. The Morgan fingerprint density at radius 1 is 1.50 bits per heavy atom. The van der Waals surface area contributed by atoms with Gasteiger partial charge in [0, 0.05) is 13.1 Å². The third-order valence-corrected chi connectivity index (χ3v) is 4.17. The number of rotatable bonds is 5. The molecule has 0 spiro atoms. The van der Waals surface area contributed by atoms with Crippen molar-refractivity contribution < 1.29 is 14.6 Å². The number of hydrogen-bond acceptors (Lipinski definition) is 4. The lowest BCUT2D eigenvalue weighted by Gasteiger charge is -2.36. The molecule has 1 fully saturated rings. The van der Waals surface area contributed by atoms with Crippen molar-refractivity contribution in [1.82, 2.24) is 4.90 Å². The van der Waals surface area contributed by atoms with Crippen molar-refractivity contribution in [2.24, 2.45) is 5.73 Å². The number of carbonyl (C=O) groups excluding carboxylic acids is 1. The number of benzene rings is 1. The molecule has 1 saturated heterocycles. The van der Waals surface area contributed by atoms with E-state index in [1.807, 2.05) is 29.2 Å². The zero-order valence-electron chi connectivity index (χ0n) is 11.2. The Balaban J connectivity index is 1.83. The number of carbonyl (C=O) groups is 1. The first-order valence-electron chi connectivity index (χ1n) is 6.63. The number of nitrogens with zero attached hydrogens (tertiary/aromatic N) is 1. The molecule has 1 aromatic rings. The first-order chi connectivity index (χ1) is 9.51. The predicted molar refractivity (Wildman–Crippen MR) is 79.5 cm³/mol. The van der Waals surface area contributed by atoms with Crippen molar-refractivity contribution in [3.63, 3.8) is 0 Å². The van der Waals surface area contributed by atoms with Gasteiger partial charge in [-0.1, -0.05) is 12.1 Å². The second-order valence-corrected chi connectivity index (χ2v) is 5.91. The highest BCUT2D eigenvalue weighted by molar-refractivity contribution is 9.10. The molecule has 110 valence electrons. The van der Waals surface area contributed by atoms with Crippen molar-refractivity contribution >= 4 is 21.8 Å². The molecule has 20 heavy (non-hydrogen) atoms. The van der Waals surface area contributed by atoms with Gasteiger partial charge in [-0.3, -0.25) is 9.69 Å². The van der Waals surface area contributed by atoms with Crippen LogP contribution in [0.1, 0.15) is 12.8 Å². The highest BCUT2D eigenvalue weighted by Gasteiger charge is 2.38. The number of hydrogen-bond donors (Lipinski definition) is 2. The van der Waals surface area contributed by atoms with Crippen LogP contribution >= 0.6 is 15.9 Å². The number of amides is 1. The van der Waals surface area contributed by atoms with E-state index in [4.69, 9.17) is 10.5 Å². The monoisotopic (exact) mass is 342 g/mol. The fourth-order valence-corrected chi connectivity index (χ4v) is 2.76. The van der Waals surface area contributed by atoms with E-state index >= 15 is 0 Å². The molecule has 0 unspecified atom stereocenters. The highest BCUT2D eigenvalue weighted by Crippen LogP contribution is 2.24. The van der Waals surface area contributed by atoms with Crippen LogP contribution in [-0.2, 0) is 4.79 Å². The zero-order chi connectivity index (χ0) is 14.6. The Hall–Kier alpha value is -1.11. The number of nitrogens with two attached hydrogens (primary N) is 1. The highest BCUT2D eigenvalue weighted by atomic mass is 79.9. The van der Waals surface area contributed by atoms with Gasteiger partial charge in [-0.05, 0) is 47.4 Å². The van der Waals surface area contributed by atoms with Crippen LogP contribution in [0.25, 0.3) is 0 Å². The molecule has 1 aliphatic rings. The summed E-state index contributed by atoms with van der Waals surface area (Å²) in [5.41, 5.74) is 3.85. The number of piperidine rings is 1. The molecule has 1 aromatic carbocycles. The maximum atomic E-state index is 11.3. The Kier molecular flexibility index (Phi) is 5.01. The molecule has 1 amide bonds. The summed E-state index contributed by atoms with van der Waals surface area (Å²) in [7, 11) is 0. The predicted octanol–water partition coefficient (Wildman–Crippen LogP) is 1.14. The molecule has 6 heteroatoms. The number of likely N-dealkylation sites (tertiary alicyclic amines) is 1. The Morgan fingerprint density at radius 3 is 2.95 bits per heavy atom. The number of halogens is 1. The second-order valence-electron chi connectivity index (χ2n) is 5.05. The molecule has 0 aromatic heterocycles. The maximum absolute atomic E-state index is 11.3.